The molecule has 1 nitrogen and oxygen atoms in total. The third kappa shape index (κ3) is 3.48. The highest BCUT2D eigenvalue weighted by Crippen LogP contribution is 2.29. The highest BCUT2D eigenvalue weighted by atomic mass is 15.1. The molecule has 0 atom stereocenters. The minimum absolute atomic E-state index is 0.931. The number of hydrogen-bond acceptors (Lipinski definition) is 1. The lowest BCUT2D eigenvalue weighted by Crippen LogP contribution is -2.13. The number of para-hydroxylation sites is 2. The Morgan fingerprint density at radius 1 is 0.850 bits per heavy atom. The summed E-state index contributed by atoms with van der Waals surface area (Å²) in [5.74, 6) is 0. The molecule has 0 aliphatic heterocycles. The largest absolute Gasteiger partial charge is 0.311 e. The van der Waals surface area contributed by atoms with E-state index in [1.54, 1.807) is 0 Å². The molecule has 0 amide bonds. The molecule has 100 valence electrons. The van der Waals surface area contributed by atoms with Crippen molar-refractivity contribution in [2.45, 2.75) is 6.92 Å². The molecule has 0 saturated heterocycles. The second-order valence-corrected chi connectivity index (χ2v) is 4.38. The van der Waals surface area contributed by atoms with Crippen molar-refractivity contribution >= 4 is 11.4 Å². The molecule has 0 saturated carbocycles. The molecule has 1 heteroatoms. The molecule has 0 aliphatic rings. The number of anilines is 2. The third-order valence-electron chi connectivity index (χ3n) is 2.91. The zero-order valence-electron chi connectivity index (χ0n) is 11.7. The quantitative estimate of drug-likeness (QED) is 0.645. The van der Waals surface area contributed by atoms with Crippen LogP contribution >= 0.6 is 0 Å². The Balaban J connectivity index is 2.38. The van der Waals surface area contributed by atoms with Crippen molar-refractivity contribution < 1.29 is 0 Å². The summed E-state index contributed by atoms with van der Waals surface area (Å²) in [5.41, 5.74) is 3.14. The smallest absolute Gasteiger partial charge is 0.0461 e. The van der Waals surface area contributed by atoms with Gasteiger partial charge in [-0.05, 0) is 37.3 Å². The molecular weight excluding hydrogens is 242 g/mol. The zero-order valence-corrected chi connectivity index (χ0v) is 11.7. The van der Waals surface area contributed by atoms with Crippen molar-refractivity contribution in [1.82, 2.24) is 0 Å². The molecule has 20 heavy (non-hydrogen) atoms. The number of allylic oxidation sites excluding steroid dienone is 4. The summed E-state index contributed by atoms with van der Waals surface area (Å²) < 4.78 is 0. The Morgan fingerprint density at radius 3 is 1.80 bits per heavy atom. The van der Waals surface area contributed by atoms with Gasteiger partial charge in [-0.1, -0.05) is 61.2 Å². The molecule has 0 spiro atoms. The molecule has 2 rings (SSSR count). The van der Waals surface area contributed by atoms with Crippen molar-refractivity contribution in [3.63, 3.8) is 0 Å². The van der Waals surface area contributed by atoms with E-state index in [0.29, 0.717) is 0 Å². The average Bonchev–Trinajstić information content (AvgIpc) is 2.50. The van der Waals surface area contributed by atoms with E-state index >= 15 is 0 Å². The summed E-state index contributed by atoms with van der Waals surface area (Å²) in [7, 11) is 0. The van der Waals surface area contributed by atoms with Crippen molar-refractivity contribution in [2.24, 2.45) is 0 Å². The van der Waals surface area contributed by atoms with Crippen molar-refractivity contribution in [1.29, 1.82) is 0 Å². The van der Waals surface area contributed by atoms with Crippen LogP contribution in [0.5, 0.6) is 0 Å². The third-order valence-corrected chi connectivity index (χ3v) is 2.91. The first-order valence-corrected chi connectivity index (χ1v) is 6.71. The zero-order chi connectivity index (χ0) is 14.2. The Morgan fingerprint density at radius 2 is 1.35 bits per heavy atom. The summed E-state index contributed by atoms with van der Waals surface area (Å²) in [6.07, 6.45) is 8.01. The van der Waals surface area contributed by atoms with Crippen LogP contribution in [0.25, 0.3) is 0 Å². The number of hydrogen-bond donors (Lipinski definition) is 0. The topological polar surface area (TPSA) is 3.24 Å². The van der Waals surface area contributed by atoms with Gasteiger partial charge in [-0.25, -0.2) is 0 Å². The lowest BCUT2D eigenvalue weighted by atomic mass is 10.2. The van der Waals surface area contributed by atoms with Gasteiger partial charge in [-0.2, -0.15) is 0 Å². The van der Waals surface area contributed by atoms with E-state index in [1.807, 2.05) is 67.6 Å². The van der Waals surface area contributed by atoms with Gasteiger partial charge in [0.2, 0.25) is 0 Å². The summed E-state index contributed by atoms with van der Waals surface area (Å²) >= 11 is 0. The van der Waals surface area contributed by atoms with Gasteiger partial charge in [-0.3, -0.25) is 0 Å². The van der Waals surface area contributed by atoms with Crippen LogP contribution in [0.3, 0.4) is 0 Å². The molecule has 0 aliphatic carbocycles. The van der Waals surface area contributed by atoms with E-state index in [4.69, 9.17) is 0 Å². The molecule has 0 aromatic heterocycles. The van der Waals surface area contributed by atoms with Gasteiger partial charge in [-0.15, -0.1) is 0 Å². The maximum Gasteiger partial charge on any atom is 0.0461 e. The van der Waals surface area contributed by atoms with E-state index in [1.165, 1.54) is 0 Å². The fraction of sp³-hybridized carbons (Fsp3) is 0.0526. The Kier molecular flexibility index (Phi) is 4.96. The number of rotatable bonds is 5. The van der Waals surface area contributed by atoms with E-state index in [2.05, 4.69) is 35.7 Å². The summed E-state index contributed by atoms with van der Waals surface area (Å²) in [4.78, 5) is 2.14. The van der Waals surface area contributed by atoms with Gasteiger partial charge in [0.15, 0.2) is 0 Å². The summed E-state index contributed by atoms with van der Waals surface area (Å²) in [6, 6.07) is 20.5. The maximum atomic E-state index is 4.18. The van der Waals surface area contributed by atoms with Gasteiger partial charge in [0.25, 0.3) is 0 Å². The fourth-order valence-corrected chi connectivity index (χ4v) is 1.99. The molecule has 2 aromatic rings. The minimum atomic E-state index is 0.931. The molecule has 0 unspecified atom stereocenters. The van der Waals surface area contributed by atoms with Crippen LogP contribution in [0.1, 0.15) is 6.92 Å². The van der Waals surface area contributed by atoms with Crippen molar-refractivity contribution in [3.8, 4) is 0 Å². The Labute approximate surface area is 121 Å². The van der Waals surface area contributed by atoms with Crippen molar-refractivity contribution in [3.05, 3.63) is 97.2 Å². The lowest BCUT2D eigenvalue weighted by Gasteiger charge is -2.25. The lowest BCUT2D eigenvalue weighted by molar-refractivity contribution is 1.22. The molecule has 0 heterocycles. The van der Waals surface area contributed by atoms with Crippen LogP contribution in [-0.4, -0.2) is 0 Å². The highest BCUT2D eigenvalue weighted by Gasteiger charge is 2.09. The molecule has 0 N–H and O–H groups in total. The second kappa shape index (κ2) is 7.15. The van der Waals surface area contributed by atoms with Crippen LogP contribution in [-0.2, 0) is 0 Å². The fourth-order valence-electron chi connectivity index (χ4n) is 1.99. The standard InChI is InChI=1S/C19H19N/c1-3-4-7-12-17(2)20(18-13-8-5-9-14-18)19-15-10-6-11-16-19/h3-16H,2H2,1H3/b4-3-,12-7-. The molecule has 0 radical (unpaired) electrons. The first kappa shape index (κ1) is 13.9. The summed E-state index contributed by atoms with van der Waals surface area (Å²) in [5, 5.41) is 0. The first-order chi connectivity index (χ1) is 9.83. The van der Waals surface area contributed by atoms with E-state index < -0.39 is 0 Å². The van der Waals surface area contributed by atoms with Crippen LogP contribution in [0.2, 0.25) is 0 Å². The normalized spacial score (nSPS) is 11.1. The first-order valence-electron chi connectivity index (χ1n) is 6.71. The van der Waals surface area contributed by atoms with Gasteiger partial charge in [0.05, 0.1) is 0 Å². The van der Waals surface area contributed by atoms with Crippen LogP contribution in [0.15, 0.2) is 97.2 Å². The minimum Gasteiger partial charge on any atom is -0.311 e. The number of benzene rings is 2. The average molecular weight is 261 g/mol. The van der Waals surface area contributed by atoms with Crippen LogP contribution in [0, 0.1) is 0 Å². The van der Waals surface area contributed by atoms with E-state index in [9.17, 15) is 0 Å². The Bertz CT molecular complexity index is 555. The number of nitrogens with zero attached hydrogens (tertiary/aromatic N) is 1. The molecular formula is C19H19N. The molecule has 2 aromatic carbocycles. The van der Waals surface area contributed by atoms with Crippen LogP contribution < -0.4 is 4.90 Å². The highest BCUT2D eigenvalue weighted by molar-refractivity contribution is 5.69. The summed E-state index contributed by atoms with van der Waals surface area (Å²) in [6.45, 7) is 6.18. The van der Waals surface area contributed by atoms with Gasteiger partial charge in [0.1, 0.15) is 0 Å². The molecule has 0 fully saturated rings. The van der Waals surface area contributed by atoms with Gasteiger partial charge < -0.3 is 4.90 Å². The van der Waals surface area contributed by atoms with Gasteiger partial charge in [0, 0.05) is 17.1 Å². The van der Waals surface area contributed by atoms with E-state index in [-0.39, 0.29) is 0 Å². The van der Waals surface area contributed by atoms with Crippen LogP contribution in [0.4, 0.5) is 11.4 Å². The monoisotopic (exact) mass is 261 g/mol. The van der Waals surface area contributed by atoms with Crippen molar-refractivity contribution in [2.75, 3.05) is 4.90 Å². The Hall–Kier alpha value is -2.54. The van der Waals surface area contributed by atoms with E-state index in [0.717, 1.165) is 17.1 Å². The van der Waals surface area contributed by atoms with Gasteiger partial charge >= 0.3 is 0 Å². The maximum absolute atomic E-state index is 4.18. The predicted molar refractivity (Wildman–Crippen MR) is 88.1 cm³/mol. The second-order valence-electron chi connectivity index (χ2n) is 4.38. The SMILES string of the molecule is C=C(/C=C\C=C/C)N(c1ccccc1)c1ccccc1. The predicted octanol–water partition coefficient (Wildman–Crippen LogP) is 5.47. The molecule has 0 bridgehead atoms.